The van der Waals surface area contributed by atoms with Gasteiger partial charge in [0.2, 0.25) is 5.78 Å². The average molecular weight is 234 g/mol. The number of hydrogen-bond acceptors (Lipinski definition) is 3. The first kappa shape index (κ1) is 11.0. The van der Waals surface area contributed by atoms with Gasteiger partial charge in [0, 0.05) is 5.41 Å². The predicted molar refractivity (Wildman–Crippen MR) is 62.2 cm³/mol. The number of ether oxygens (including phenoxy) is 1. The maximum Gasteiger partial charge on any atom is 0.211 e. The van der Waals surface area contributed by atoms with Crippen LogP contribution in [0.3, 0.4) is 0 Å². The van der Waals surface area contributed by atoms with Crippen LogP contribution in [0.25, 0.3) is 0 Å². The van der Waals surface area contributed by atoms with Crippen molar-refractivity contribution in [2.45, 2.75) is 39.5 Å². The van der Waals surface area contributed by atoms with Crippen molar-refractivity contribution in [3.8, 4) is 0 Å². The van der Waals surface area contributed by atoms with Gasteiger partial charge < -0.3 is 4.74 Å². The van der Waals surface area contributed by atoms with Gasteiger partial charge >= 0.3 is 0 Å². The molecule has 0 aliphatic heterocycles. The number of methoxy groups -OCH3 is 1. The van der Waals surface area contributed by atoms with E-state index < -0.39 is 10.8 Å². The molecule has 3 atom stereocenters. The summed E-state index contributed by atoms with van der Waals surface area (Å²) in [6, 6.07) is 0. The summed E-state index contributed by atoms with van der Waals surface area (Å²) in [5.41, 5.74) is -1.43. The molecule has 0 aromatic rings. The molecule has 2 saturated carbocycles. The van der Waals surface area contributed by atoms with Gasteiger partial charge in [-0.25, -0.2) is 0 Å². The summed E-state index contributed by atoms with van der Waals surface area (Å²) >= 11 is 0. The fraction of sp³-hybridized carbons (Fsp3) is 0.714. The highest BCUT2D eigenvalue weighted by atomic mass is 16.5. The molecule has 0 radical (unpaired) electrons. The number of carbonyl (C=O) groups is 2. The Kier molecular flexibility index (Phi) is 1.82. The van der Waals surface area contributed by atoms with Crippen LogP contribution in [0.15, 0.2) is 11.8 Å². The number of ketones is 2. The maximum atomic E-state index is 12.7. The van der Waals surface area contributed by atoms with Gasteiger partial charge in [-0.1, -0.05) is 13.3 Å². The van der Waals surface area contributed by atoms with Crippen molar-refractivity contribution >= 4 is 11.6 Å². The van der Waals surface area contributed by atoms with Crippen molar-refractivity contribution in [1.29, 1.82) is 0 Å². The molecule has 0 saturated heterocycles. The van der Waals surface area contributed by atoms with Crippen LogP contribution >= 0.6 is 0 Å². The lowest BCUT2D eigenvalue weighted by Crippen LogP contribution is -2.48. The minimum Gasteiger partial charge on any atom is -0.493 e. The zero-order valence-electron chi connectivity index (χ0n) is 10.6. The molecular formula is C14H18O3. The number of fused-ring (bicyclic) bond motifs is 1. The van der Waals surface area contributed by atoms with Gasteiger partial charge in [-0.2, -0.15) is 0 Å². The fourth-order valence-corrected chi connectivity index (χ4v) is 4.59. The Morgan fingerprint density at radius 3 is 2.59 bits per heavy atom. The smallest absolute Gasteiger partial charge is 0.211 e. The van der Waals surface area contributed by atoms with E-state index in [1.807, 2.05) is 6.92 Å². The second-order valence-electron chi connectivity index (χ2n) is 6.28. The van der Waals surface area contributed by atoms with Crippen LogP contribution in [0.1, 0.15) is 39.5 Å². The summed E-state index contributed by atoms with van der Waals surface area (Å²) < 4.78 is 5.21. The number of carbonyl (C=O) groups excluding carboxylic acids is 2. The maximum absolute atomic E-state index is 12.7. The number of Topliss-reactive ketones (excluding diaryl/α,β-unsaturated/α-hetero) is 2. The van der Waals surface area contributed by atoms with E-state index in [4.69, 9.17) is 4.74 Å². The van der Waals surface area contributed by atoms with E-state index in [1.165, 1.54) is 7.11 Å². The van der Waals surface area contributed by atoms with Crippen molar-refractivity contribution in [3.63, 3.8) is 0 Å². The zero-order chi connectivity index (χ0) is 12.5. The lowest BCUT2D eigenvalue weighted by atomic mass is 9.64. The molecule has 0 aromatic heterocycles. The van der Waals surface area contributed by atoms with Gasteiger partial charge in [0.15, 0.2) is 11.5 Å². The zero-order valence-corrected chi connectivity index (χ0v) is 10.6. The number of allylic oxidation sites excluding steroid dienone is 2. The average Bonchev–Trinajstić information content (AvgIpc) is 2.64. The van der Waals surface area contributed by atoms with E-state index in [-0.39, 0.29) is 17.0 Å². The van der Waals surface area contributed by atoms with Crippen LogP contribution in [-0.2, 0) is 14.3 Å². The first-order valence-electron chi connectivity index (χ1n) is 6.26. The first-order chi connectivity index (χ1) is 7.90. The molecule has 92 valence electrons. The van der Waals surface area contributed by atoms with Gasteiger partial charge in [0.25, 0.3) is 0 Å². The van der Waals surface area contributed by atoms with Crippen LogP contribution in [-0.4, -0.2) is 18.7 Å². The third kappa shape index (κ3) is 0.954. The van der Waals surface area contributed by atoms with Crippen molar-refractivity contribution in [2.24, 2.45) is 16.2 Å². The molecule has 3 heteroatoms. The quantitative estimate of drug-likeness (QED) is 0.654. The molecule has 3 aliphatic rings. The van der Waals surface area contributed by atoms with E-state index >= 15 is 0 Å². The van der Waals surface area contributed by atoms with Crippen LogP contribution in [0, 0.1) is 16.2 Å². The van der Waals surface area contributed by atoms with Crippen molar-refractivity contribution in [3.05, 3.63) is 11.8 Å². The molecule has 0 amide bonds. The van der Waals surface area contributed by atoms with E-state index in [0.29, 0.717) is 12.2 Å². The van der Waals surface area contributed by atoms with Crippen molar-refractivity contribution < 1.29 is 14.3 Å². The highest BCUT2D eigenvalue weighted by Crippen LogP contribution is 2.69. The summed E-state index contributed by atoms with van der Waals surface area (Å²) in [5.74, 6) is 0.466. The Morgan fingerprint density at radius 2 is 1.94 bits per heavy atom. The van der Waals surface area contributed by atoms with Gasteiger partial charge in [0.05, 0.1) is 7.11 Å². The lowest BCUT2D eigenvalue weighted by molar-refractivity contribution is -0.145. The minimum atomic E-state index is -0.776. The molecule has 0 N–H and O–H groups in total. The molecule has 3 aliphatic carbocycles. The lowest BCUT2D eigenvalue weighted by Gasteiger charge is -2.36. The van der Waals surface area contributed by atoms with Crippen LogP contribution in [0.4, 0.5) is 0 Å². The molecule has 3 rings (SSSR count). The molecular weight excluding hydrogens is 216 g/mol. The topological polar surface area (TPSA) is 43.4 Å². The summed E-state index contributed by atoms with van der Waals surface area (Å²) in [5, 5.41) is 0. The summed E-state index contributed by atoms with van der Waals surface area (Å²) in [6.45, 7) is 4.06. The molecule has 3 nitrogen and oxygen atoms in total. The van der Waals surface area contributed by atoms with Gasteiger partial charge in [-0.15, -0.1) is 0 Å². The Bertz CT molecular complexity index is 464. The Morgan fingerprint density at radius 1 is 1.24 bits per heavy atom. The Balaban J connectivity index is 2.27. The molecule has 1 spiro atoms. The van der Waals surface area contributed by atoms with Gasteiger partial charge in [-0.3, -0.25) is 9.59 Å². The standard InChI is InChI=1S/C14H18O3/c1-12-7-9(17-3)10(15)14(11(12)16)6-4-5-13(14,2)8-12/h7H,4-6,8H2,1-3H3/t12-,13-,14-/m0/s1. The van der Waals surface area contributed by atoms with Gasteiger partial charge in [0.1, 0.15) is 5.41 Å². The minimum absolute atomic E-state index is 0.0695. The Labute approximate surface area is 101 Å². The van der Waals surface area contributed by atoms with E-state index in [9.17, 15) is 9.59 Å². The summed E-state index contributed by atoms with van der Waals surface area (Å²) in [6.07, 6.45) is 5.20. The van der Waals surface area contributed by atoms with Crippen molar-refractivity contribution in [1.82, 2.24) is 0 Å². The molecule has 2 fully saturated rings. The predicted octanol–water partition coefficient (Wildman–Crippen LogP) is 2.26. The molecule has 2 bridgehead atoms. The fourth-order valence-electron chi connectivity index (χ4n) is 4.59. The largest absolute Gasteiger partial charge is 0.493 e. The number of rotatable bonds is 1. The van der Waals surface area contributed by atoms with E-state index in [1.54, 1.807) is 6.08 Å². The molecule has 0 heterocycles. The second kappa shape index (κ2) is 2.82. The highest BCUT2D eigenvalue weighted by molar-refractivity contribution is 6.20. The molecule has 0 unspecified atom stereocenters. The Hall–Kier alpha value is -1.12. The van der Waals surface area contributed by atoms with Crippen LogP contribution in [0.5, 0.6) is 0 Å². The number of hydrogen-bond donors (Lipinski definition) is 0. The van der Waals surface area contributed by atoms with E-state index in [0.717, 1.165) is 19.3 Å². The summed E-state index contributed by atoms with van der Waals surface area (Å²) in [4.78, 5) is 25.2. The van der Waals surface area contributed by atoms with Gasteiger partial charge in [-0.05, 0) is 37.7 Å². The SMILES string of the molecule is COC1=C[C@@]2(C)C[C@]3(C)CCC[C@]3(C1=O)C2=O. The third-order valence-corrected chi connectivity index (χ3v) is 5.26. The first-order valence-corrected chi connectivity index (χ1v) is 6.26. The second-order valence-corrected chi connectivity index (χ2v) is 6.28. The normalized spacial score (nSPS) is 48.1. The third-order valence-electron chi connectivity index (χ3n) is 5.26. The summed E-state index contributed by atoms with van der Waals surface area (Å²) in [7, 11) is 1.52. The molecule has 17 heavy (non-hydrogen) atoms. The monoisotopic (exact) mass is 234 g/mol. The molecule has 0 aromatic carbocycles. The van der Waals surface area contributed by atoms with Crippen molar-refractivity contribution in [2.75, 3.05) is 7.11 Å². The van der Waals surface area contributed by atoms with Crippen LogP contribution < -0.4 is 0 Å². The highest BCUT2D eigenvalue weighted by Gasteiger charge is 2.73. The van der Waals surface area contributed by atoms with Crippen LogP contribution in [0.2, 0.25) is 0 Å². The van der Waals surface area contributed by atoms with E-state index in [2.05, 4.69) is 6.92 Å².